The van der Waals surface area contributed by atoms with Crippen molar-refractivity contribution in [3.8, 4) is 0 Å². The number of amides is 1. The normalized spacial score (nSPS) is 13.5. The third kappa shape index (κ3) is 3.30. The van der Waals surface area contributed by atoms with E-state index < -0.39 is 18.0 Å². The van der Waals surface area contributed by atoms with Gasteiger partial charge >= 0.3 is 0 Å². The second-order valence-electron chi connectivity index (χ2n) is 4.33. The Bertz CT molecular complexity index is 583. The van der Waals surface area contributed by atoms with E-state index in [2.05, 4.69) is 5.32 Å². The van der Waals surface area contributed by atoms with E-state index in [4.69, 9.17) is 0 Å². The first-order valence-corrected chi connectivity index (χ1v) is 7.01. The van der Waals surface area contributed by atoms with Gasteiger partial charge < -0.3 is 5.32 Å². The highest BCUT2D eigenvalue weighted by Gasteiger charge is 2.31. The number of rotatable bonds is 5. The van der Waals surface area contributed by atoms with E-state index >= 15 is 0 Å². The molecule has 0 aliphatic carbocycles. The second kappa shape index (κ2) is 6.43. The third-order valence-electron chi connectivity index (χ3n) is 2.82. The van der Waals surface area contributed by atoms with Crippen LogP contribution in [-0.4, -0.2) is 17.9 Å². The van der Waals surface area contributed by atoms with Gasteiger partial charge in [-0.15, -0.1) is 11.3 Å². The molecule has 0 saturated heterocycles. The van der Waals surface area contributed by atoms with Gasteiger partial charge in [0, 0.05) is 6.92 Å². The average Bonchev–Trinajstić information content (AvgIpc) is 2.98. The van der Waals surface area contributed by atoms with Crippen LogP contribution in [0.15, 0.2) is 47.8 Å². The minimum Gasteiger partial charge on any atom is -0.346 e. The van der Waals surface area contributed by atoms with Gasteiger partial charge in [0.15, 0.2) is 6.17 Å². The molecular weight excluding hydrogens is 277 g/mol. The molecule has 2 atom stereocenters. The molecule has 0 radical (unpaired) electrons. The average molecular weight is 291 g/mol. The molecule has 1 amide bonds. The van der Waals surface area contributed by atoms with E-state index in [0.717, 1.165) is 0 Å². The molecule has 0 aliphatic rings. The molecule has 2 rings (SSSR count). The van der Waals surface area contributed by atoms with Gasteiger partial charge in [0.1, 0.15) is 0 Å². The maximum absolute atomic E-state index is 14.5. The van der Waals surface area contributed by atoms with Gasteiger partial charge in [-0.05, 0) is 17.0 Å². The van der Waals surface area contributed by atoms with Crippen molar-refractivity contribution in [2.24, 2.45) is 0 Å². The summed E-state index contributed by atoms with van der Waals surface area (Å²) in [6.45, 7) is 1.30. The summed E-state index contributed by atoms with van der Waals surface area (Å²) in [5.41, 5.74) is 0.570. The van der Waals surface area contributed by atoms with Crippen molar-refractivity contribution in [1.82, 2.24) is 5.32 Å². The van der Waals surface area contributed by atoms with E-state index in [9.17, 15) is 14.0 Å². The zero-order valence-corrected chi connectivity index (χ0v) is 11.7. The molecule has 0 aliphatic heterocycles. The summed E-state index contributed by atoms with van der Waals surface area (Å²) in [6, 6.07) is 11.0. The molecule has 3 nitrogen and oxygen atoms in total. The smallest absolute Gasteiger partial charge is 0.217 e. The summed E-state index contributed by atoms with van der Waals surface area (Å²) in [5.74, 6) is -0.983. The highest BCUT2D eigenvalue weighted by molar-refractivity contribution is 7.12. The molecule has 5 heteroatoms. The van der Waals surface area contributed by atoms with Crippen LogP contribution in [-0.2, 0) is 4.79 Å². The van der Waals surface area contributed by atoms with E-state index in [1.165, 1.54) is 18.3 Å². The monoisotopic (exact) mass is 291 g/mol. The summed E-state index contributed by atoms with van der Waals surface area (Å²) in [5, 5.41) is 4.23. The Labute approximate surface area is 120 Å². The Kier molecular flexibility index (Phi) is 4.63. The summed E-state index contributed by atoms with van der Waals surface area (Å²) >= 11 is 1.19. The van der Waals surface area contributed by atoms with Gasteiger partial charge in [0.2, 0.25) is 11.7 Å². The van der Waals surface area contributed by atoms with E-state index in [1.807, 2.05) is 0 Å². The predicted octanol–water partition coefficient (Wildman–Crippen LogP) is 3.15. The van der Waals surface area contributed by atoms with Crippen molar-refractivity contribution >= 4 is 23.0 Å². The molecule has 2 unspecified atom stereocenters. The molecule has 0 bridgehead atoms. The SMILES string of the molecule is CC(=O)NC(c1ccccc1)C(F)C(=O)c1cccs1. The summed E-state index contributed by atoms with van der Waals surface area (Å²) in [4.78, 5) is 23.7. The van der Waals surface area contributed by atoms with Crippen LogP contribution in [0.4, 0.5) is 4.39 Å². The number of benzene rings is 1. The molecule has 104 valence electrons. The molecule has 0 saturated carbocycles. The van der Waals surface area contributed by atoms with Crippen molar-refractivity contribution in [1.29, 1.82) is 0 Å². The second-order valence-corrected chi connectivity index (χ2v) is 5.28. The number of nitrogens with one attached hydrogen (secondary N) is 1. The van der Waals surface area contributed by atoms with Crippen molar-refractivity contribution in [3.05, 3.63) is 58.3 Å². The van der Waals surface area contributed by atoms with Crippen LogP contribution in [0, 0.1) is 0 Å². The molecule has 0 fully saturated rings. The molecule has 0 spiro atoms. The maximum atomic E-state index is 14.5. The Morgan fingerprint density at radius 2 is 1.85 bits per heavy atom. The van der Waals surface area contributed by atoms with Crippen LogP contribution in [0.25, 0.3) is 0 Å². The molecule has 1 heterocycles. The van der Waals surface area contributed by atoms with Crippen molar-refractivity contribution in [3.63, 3.8) is 0 Å². The Balaban J connectivity index is 2.27. The number of thiophene rings is 1. The molecule has 1 N–H and O–H groups in total. The van der Waals surface area contributed by atoms with Crippen molar-refractivity contribution in [2.45, 2.75) is 19.1 Å². The number of ketones is 1. The fourth-order valence-corrected chi connectivity index (χ4v) is 2.60. The van der Waals surface area contributed by atoms with Gasteiger partial charge in [-0.2, -0.15) is 0 Å². The number of carbonyl (C=O) groups is 2. The lowest BCUT2D eigenvalue weighted by Crippen LogP contribution is -2.36. The van der Waals surface area contributed by atoms with Crippen LogP contribution in [0.2, 0.25) is 0 Å². The number of alkyl halides is 1. The number of hydrogen-bond donors (Lipinski definition) is 1. The largest absolute Gasteiger partial charge is 0.346 e. The lowest BCUT2D eigenvalue weighted by Gasteiger charge is -2.21. The number of carbonyl (C=O) groups excluding carboxylic acids is 2. The van der Waals surface area contributed by atoms with Gasteiger partial charge in [-0.3, -0.25) is 9.59 Å². The topological polar surface area (TPSA) is 46.2 Å². The fraction of sp³-hybridized carbons (Fsp3) is 0.200. The maximum Gasteiger partial charge on any atom is 0.217 e. The van der Waals surface area contributed by atoms with Crippen LogP contribution < -0.4 is 5.32 Å². The molecule has 20 heavy (non-hydrogen) atoms. The fourth-order valence-electron chi connectivity index (χ4n) is 1.91. The predicted molar refractivity (Wildman–Crippen MR) is 76.5 cm³/mol. The Hall–Kier alpha value is -2.01. The minimum atomic E-state index is -1.81. The Morgan fingerprint density at radius 3 is 2.40 bits per heavy atom. The highest BCUT2D eigenvalue weighted by atomic mass is 32.1. The third-order valence-corrected chi connectivity index (χ3v) is 3.71. The first kappa shape index (κ1) is 14.4. The zero-order chi connectivity index (χ0) is 14.5. The number of hydrogen-bond acceptors (Lipinski definition) is 3. The van der Waals surface area contributed by atoms with Crippen LogP contribution >= 0.6 is 11.3 Å². The minimum absolute atomic E-state index is 0.351. The number of halogens is 1. The first-order chi connectivity index (χ1) is 9.59. The number of Topliss-reactive ketones (excluding diaryl/α,β-unsaturated/α-hetero) is 1. The van der Waals surface area contributed by atoms with Crippen molar-refractivity contribution < 1.29 is 14.0 Å². The van der Waals surface area contributed by atoms with E-state index in [0.29, 0.717) is 10.4 Å². The van der Waals surface area contributed by atoms with E-state index in [-0.39, 0.29) is 5.91 Å². The highest BCUT2D eigenvalue weighted by Crippen LogP contribution is 2.24. The van der Waals surface area contributed by atoms with E-state index in [1.54, 1.807) is 47.8 Å². The Morgan fingerprint density at radius 1 is 1.15 bits per heavy atom. The van der Waals surface area contributed by atoms with Gasteiger partial charge in [-0.1, -0.05) is 36.4 Å². The van der Waals surface area contributed by atoms with Crippen LogP contribution in [0.1, 0.15) is 28.2 Å². The van der Waals surface area contributed by atoms with Crippen LogP contribution in [0.3, 0.4) is 0 Å². The summed E-state index contributed by atoms with van der Waals surface area (Å²) in [6.07, 6.45) is -1.81. The quantitative estimate of drug-likeness (QED) is 0.860. The molecular formula is C15H14FNO2S. The molecule has 1 aromatic heterocycles. The molecule has 2 aromatic rings. The lowest BCUT2D eigenvalue weighted by molar-refractivity contribution is -0.120. The zero-order valence-electron chi connectivity index (χ0n) is 10.9. The van der Waals surface area contributed by atoms with Crippen LogP contribution in [0.5, 0.6) is 0 Å². The lowest BCUT2D eigenvalue weighted by atomic mass is 9.99. The first-order valence-electron chi connectivity index (χ1n) is 6.13. The summed E-state index contributed by atoms with van der Waals surface area (Å²) in [7, 11) is 0. The van der Waals surface area contributed by atoms with Gasteiger partial charge in [-0.25, -0.2) is 4.39 Å². The van der Waals surface area contributed by atoms with Gasteiger partial charge in [0.25, 0.3) is 0 Å². The van der Waals surface area contributed by atoms with Gasteiger partial charge in [0.05, 0.1) is 10.9 Å². The standard InChI is InChI=1S/C15H14FNO2S/c1-10(18)17-14(11-6-3-2-4-7-11)13(16)15(19)12-8-5-9-20-12/h2-9,13-14H,1H3,(H,17,18). The molecule has 1 aromatic carbocycles. The summed E-state index contributed by atoms with van der Waals surface area (Å²) < 4.78 is 14.5. The van der Waals surface area contributed by atoms with Crippen molar-refractivity contribution in [2.75, 3.05) is 0 Å².